The van der Waals surface area contributed by atoms with Crippen molar-refractivity contribution in [3.8, 4) is 0 Å². The first-order chi connectivity index (χ1) is 14.1. The molecule has 0 amide bonds. The number of aliphatic hydroxyl groups is 1. The summed E-state index contributed by atoms with van der Waals surface area (Å²) in [6.45, 7) is 5.06. The van der Waals surface area contributed by atoms with Gasteiger partial charge in [0.1, 0.15) is 0 Å². The van der Waals surface area contributed by atoms with Gasteiger partial charge in [-0.2, -0.15) is 0 Å². The van der Waals surface area contributed by atoms with E-state index in [4.69, 9.17) is 0 Å². The Balaban J connectivity index is 1.25. The zero-order valence-corrected chi connectivity index (χ0v) is 19.0. The Bertz CT molecular complexity index is 903. The first-order valence-electron chi connectivity index (χ1n) is 10.8. The predicted octanol–water partition coefficient (Wildman–Crippen LogP) is 4.29. The summed E-state index contributed by atoms with van der Waals surface area (Å²) in [7, 11) is 0. The number of piperidine rings is 2. The van der Waals surface area contributed by atoms with E-state index >= 15 is 0 Å². The highest BCUT2D eigenvalue weighted by Crippen LogP contribution is 2.44. The van der Waals surface area contributed by atoms with Crippen LogP contribution in [-0.4, -0.2) is 53.2 Å². The molecule has 3 nitrogen and oxygen atoms in total. The number of hydrogen-bond acceptors (Lipinski definition) is 3. The van der Waals surface area contributed by atoms with E-state index in [2.05, 4.69) is 93.1 Å². The van der Waals surface area contributed by atoms with Gasteiger partial charge in [0.15, 0.2) is 0 Å². The largest absolute Gasteiger partial charge is 0.391 e. The molecule has 0 saturated carbocycles. The molecule has 2 aromatic rings. The SMILES string of the molecule is O[C@@H]1CCN(Cc2ccccc2I)C[C@H]1N1CCC2(C=Cc3ccccc32)CC1. The maximum absolute atomic E-state index is 10.8. The molecule has 0 bridgehead atoms. The van der Waals surface area contributed by atoms with Gasteiger partial charge in [-0.05, 0) is 77.7 Å². The van der Waals surface area contributed by atoms with Crippen LogP contribution in [0.5, 0.6) is 0 Å². The van der Waals surface area contributed by atoms with Crippen LogP contribution in [0.2, 0.25) is 0 Å². The molecule has 1 aliphatic carbocycles. The second-order valence-electron chi connectivity index (χ2n) is 8.86. The van der Waals surface area contributed by atoms with E-state index in [-0.39, 0.29) is 17.6 Å². The van der Waals surface area contributed by atoms with E-state index in [0.717, 1.165) is 52.0 Å². The summed E-state index contributed by atoms with van der Waals surface area (Å²) in [4.78, 5) is 5.09. The zero-order valence-electron chi connectivity index (χ0n) is 16.8. The molecular formula is C25H29IN2O. The van der Waals surface area contributed by atoms with Gasteiger partial charge in [-0.25, -0.2) is 0 Å². The number of aliphatic hydroxyl groups excluding tert-OH is 1. The molecule has 0 radical (unpaired) electrons. The van der Waals surface area contributed by atoms with Crippen LogP contribution < -0.4 is 0 Å². The fourth-order valence-corrected chi connectivity index (χ4v) is 6.04. The van der Waals surface area contributed by atoms with Crippen LogP contribution in [0.3, 0.4) is 0 Å². The molecule has 1 N–H and O–H groups in total. The summed E-state index contributed by atoms with van der Waals surface area (Å²) in [5.74, 6) is 0. The summed E-state index contributed by atoms with van der Waals surface area (Å²) in [5, 5.41) is 10.8. The van der Waals surface area contributed by atoms with Crippen molar-refractivity contribution in [1.82, 2.24) is 9.80 Å². The molecule has 0 unspecified atom stereocenters. The van der Waals surface area contributed by atoms with E-state index in [1.54, 1.807) is 0 Å². The Morgan fingerprint density at radius 2 is 1.76 bits per heavy atom. The van der Waals surface area contributed by atoms with Crippen LogP contribution in [-0.2, 0) is 12.0 Å². The number of allylic oxidation sites excluding steroid dienone is 1. The van der Waals surface area contributed by atoms with Crippen LogP contribution in [0, 0.1) is 3.57 Å². The molecule has 5 rings (SSSR count). The topological polar surface area (TPSA) is 26.7 Å². The van der Waals surface area contributed by atoms with Gasteiger partial charge >= 0.3 is 0 Å². The van der Waals surface area contributed by atoms with Gasteiger partial charge in [0, 0.05) is 34.7 Å². The molecule has 2 heterocycles. The summed E-state index contributed by atoms with van der Waals surface area (Å²) < 4.78 is 1.33. The minimum atomic E-state index is -0.207. The highest BCUT2D eigenvalue weighted by atomic mass is 127. The van der Waals surface area contributed by atoms with Crippen LogP contribution in [0.4, 0.5) is 0 Å². The predicted molar refractivity (Wildman–Crippen MR) is 127 cm³/mol. The molecule has 0 aromatic heterocycles. The number of halogens is 1. The van der Waals surface area contributed by atoms with Crippen LogP contribution >= 0.6 is 22.6 Å². The third kappa shape index (κ3) is 3.80. The fraction of sp³-hybridized carbons (Fsp3) is 0.440. The average molecular weight is 500 g/mol. The first kappa shape index (κ1) is 19.7. The normalized spacial score (nSPS) is 26.7. The summed E-state index contributed by atoms with van der Waals surface area (Å²) in [6.07, 6.45) is 7.72. The minimum Gasteiger partial charge on any atom is -0.391 e. The van der Waals surface area contributed by atoms with Crippen molar-refractivity contribution in [1.29, 1.82) is 0 Å². The van der Waals surface area contributed by atoms with Crippen LogP contribution in [0.1, 0.15) is 36.0 Å². The van der Waals surface area contributed by atoms with E-state index in [1.807, 2.05) is 0 Å². The van der Waals surface area contributed by atoms with Gasteiger partial charge in [0.25, 0.3) is 0 Å². The van der Waals surface area contributed by atoms with Crippen molar-refractivity contribution in [2.24, 2.45) is 0 Å². The van der Waals surface area contributed by atoms with Crippen molar-refractivity contribution < 1.29 is 5.11 Å². The van der Waals surface area contributed by atoms with Crippen molar-refractivity contribution >= 4 is 28.7 Å². The van der Waals surface area contributed by atoms with E-state index in [0.29, 0.717) is 0 Å². The maximum Gasteiger partial charge on any atom is 0.0720 e. The third-order valence-electron chi connectivity index (χ3n) is 7.22. The summed E-state index contributed by atoms with van der Waals surface area (Å²) >= 11 is 2.43. The molecule has 4 heteroatoms. The average Bonchev–Trinajstić information content (AvgIpc) is 3.10. The summed E-state index contributed by atoms with van der Waals surface area (Å²) in [6, 6.07) is 17.8. The highest BCUT2D eigenvalue weighted by Gasteiger charge is 2.41. The number of likely N-dealkylation sites (tertiary alicyclic amines) is 2. The smallest absolute Gasteiger partial charge is 0.0720 e. The number of rotatable bonds is 3. The molecular weight excluding hydrogens is 471 g/mol. The molecule has 2 atom stereocenters. The number of fused-ring (bicyclic) bond motifs is 2. The van der Waals surface area contributed by atoms with Gasteiger partial charge < -0.3 is 5.11 Å². The molecule has 2 aromatic carbocycles. The Hall–Kier alpha value is -1.21. The standard InChI is InChI=1S/C25H29IN2O/c26-22-8-4-2-6-20(22)17-27-14-10-24(29)23(18-27)28-15-12-25(13-16-28)11-9-19-5-1-3-7-21(19)25/h1-9,11,23-24,29H,10,12-18H2/t23-,24-/m1/s1. The molecule has 152 valence electrons. The van der Waals surface area contributed by atoms with Gasteiger partial charge in [0.2, 0.25) is 0 Å². The first-order valence-corrected chi connectivity index (χ1v) is 11.9. The summed E-state index contributed by atoms with van der Waals surface area (Å²) in [5.41, 5.74) is 4.51. The lowest BCUT2D eigenvalue weighted by molar-refractivity contribution is -0.0257. The van der Waals surface area contributed by atoms with Gasteiger partial charge in [-0.1, -0.05) is 54.6 Å². The third-order valence-corrected chi connectivity index (χ3v) is 8.27. The molecule has 2 fully saturated rings. The van der Waals surface area contributed by atoms with Crippen LogP contribution in [0.15, 0.2) is 54.6 Å². The van der Waals surface area contributed by atoms with Crippen molar-refractivity contribution in [2.75, 3.05) is 26.2 Å². The Kier molecular flexibility index (Phi) is 5.54. The van der Waals surface area contributed by atoms with Gasteiger partial charge in [0.05, 0.1) is 6.10 Å². The molecule has 1 spiro atoms. The quantitative estimate of drug-likeness (QED) is 0.638. The Morgan fingerprint density at radius 3 is 2.59 bits per heavy atom. The van der Waals surface area contributed by atoms with Crippen LogP contribution in [0.25, 0.3) is 6.08 Å². The monoisotopic (exact) mass is 500 g/mol. The van der Waals surface area contributed by atoms with E-state index < -0.39 is 0 Å². The second kappa shape index (κ2) is 8.14. The van der Waals surface area contributed by atoms with Crippen molar-refractivity contribution in [3.05, 3.63) is 74.9 Å². The highest BCUT2D eigenvalue weighted by molar-refractivity contribution is 14.1. The zero-order chi connectivity index (χ0) is 19.8. The fourth-order valence-electron chi connectivity index (χ4n) is 5.48. The molecule has 29 heavy (non-hydrogen) atoms. The number of benzene rings is 2. The Labute approximate surface area is 187 Å². The lowest BCUT2D eigenvalue weighted by Gasteiger charge is -2.47. The maximum atomic E-state index is 10.8. The number of hydrogen-bond donors (Lipinski definition) is 1. The Morgan fingerprint density at radius 1 is 1.00 bits per heavy atom. The van der Waals surface area contributed by atoms with Gasteiger partial charge in [-0.3, -0.25) is 9.80 Å². The molecule has 2 aliphatic heterocycles. The molecule has 2 saturated heterocycles. The minimum absolute atomic E-state index is 0.207. The van der Waals surface area contributed by atoms with E-state index in [1.165, 1.54) is 20.3 Å². The van der Waals surface area contributed by atoms with Gasteiger partial charge in [-0.15, -0.1) is 0 Å². The van der Waals surface area contributed by atoms with Crippen molar-refractivity contribution in [3.63, 3.8) is 0 Å². The second-order valence-corrected chi connectivity index (χ2v) is 10.0. The number of nitrogens with zero attached hydrogens (tertiary/aromatic N) is 2. The lowest BCUT2D eigenvalue weighted by atomic mass is 9.74. The lowest BCUT2D eigenvalue weighted by Crippen LogP contribution is -2.57. The molecule has 3 aliphatic rings. The van der Waals surface area contributed by atoms with Crippen molar-refractivity contribution in [2.45, 2.75) is 43.4 Å². The van der Waals surface area contributed by atoms with E-state index in [9.17, 15) is 5.11 Å².